The number of halogens is 1. The highest BCUT2D eigenvalue weighted by molar-refractivity contribution is 5.83. The zero-order valence-electron chi connectivity index (χ0n) is 14.0. The third-order valence-corrected chi connectivity index (χ3v) is 3.70. The number of amides is 1. The number of carbonyl (C=O) groups excluding carboxylic acids is 1. The molecule has 0 spiro atoms. The summed E-state index contributed by atoms with van der Waals surface area (Å²) in [5.41, 5.74) is 5.30. The highest BCUT2D eigenvalue weighted by atomic mass is 19.1. The standard InChI is InChI=1S/C19H22FN3O/c1-3-23(4-2)18-11-7-16(8-12-18)14-21-22-19(24)13-15-5-9-17(20)10-6-15/h5-12,14H,3-4,13H2,1-2H3,(H,22,24)/b21-14+. The Bertz CT molecular complexity index is 677. The summed E-state index contributed by atoms with van der Waals surface area (Å²) in [6, 6.07) is 13.8. The van der Waals surface area contributed by atoms with Crippen molar-refractivity contribution < 1.29 is 9.18 Å². The first-order chi connectivity index (χ1) is 11.6. The van der Waals surface area contributed by atoms with Crippen LogP contribution in [-0.4, -0.2) is 25.2 Å². The van der Waals surface area contributed by atoms with Crippen LogP contribution in [0.25, 0.3) is 0 Å². The molecule has 2 rings (SSSR count). The van der Waals surface area contributed by atoms with Crippen LogP contribution in [0, 0.1) is 5.82 Å². The fraction of sp³-hybridized carbons (Fsp3) is 0.263. The number of anilines is 1. The molecule has 126 valence electrons. The maximum atomic E-state index is 12.8. The third kappa shape index (κ3) is 5.19. The number of benzene rings is 2. The second kappa shape index (κ2) is 8.82. The van der Waals surface area contributed by atoms with Gasteiger partial charge in [0.1, 0.15) is 5.82 Å². The zero-order chi connectivity index (χ0) is 17.4. The van der Waals surface area contributed by atoms with Crippen molar-refractivity contribution in [3.8, 4) is 0 Å². The molecule has 0 aromatic heterocycles. The number of hydrogen-bond acceptors (Lipinski definition) is 3. The van der Waals surface area contributed by atoms with Crippen LogP contribution in [0.15, 0.2) is 53.6 Å². The molecule has 0 atom stereocenters. The van der Waals surface area contributed by atoms with Crippen molar-refractivity contribution in [1.82, 2.24) is 5.43 Å². The SMILES string of the molecule is CCN(CC)c1ccc(/C=N/NC(=O)Cc2ccc(F)cc2)cc1. The molecular formula is C19H22FN3O. The minimum atomic E-state index is -0.315. The summed E-state index contributed by atoms with van der Waals surface area (Å²) < 4.78 is 12.8. The fourth-order valence-corrected chi connectivity index (χ4v) is 2.37. The van der Waals surface area contributed by atoms with E-state index in [9.17, 15) is 9.18 Å². The summed E-state index contributed by atoms with van der Waals surface area (Å²) in [7, 11) is 0. The monoisotopic (exact) mass is 327 g/mol. The second-order valence-corrected chi connectivity index (χ2v) is 5.36. The number of nitrogens with zero attached hydrogens (tertiary/aromatic N) is 2. The van der Waals surface area contributed by atoms with E-state index in [1.807, 2.05) is 24.3 Å². The van der Waals surface area contributed by atoms with Crippen molar-refractivity contribution in [2.75, 3.05) is 18.0 Å². The van der Waals surface area contributed by atoms with Crippen LogP contribution in [0.3, 0.4) is 0 Å². The minimum absolute atomic E-state index is 0.165. The molecule has 0 saturated carbocycles. The number of hydrogen-bond donors (Lipinski definition) is 1. The molecule has 0 bridgehead atoms. The molecule has 1 amide bonds. The summed E-state index contributed by atoms with van der Waals surface area (Å²) in [4.78, 5) is 14.0. The number of rotatable bonds is 7. The molecule has 2 aromatic carbocycles. The third-order valence-electron chi connectivity index (χ3n) is 3.70. The molecule has 0 radical (unpaired) electrons. The second-order valence-electron chi connectivity index (χ2n) is 5.36. The lowest BCUT2D eigenvalue weighted by Gasteiger charge is -2.20. The topological polar surface area (TPSA) is 44.7 Å². The highest BCUT2D eigenvalue weighted by Crippen LogP contribution is 2.13. The average molecular weight is 327 g/mol. The van der Waals surface area contributed by atoms with Crippen LogP contribution in [0.1, 0.15) is 25.0 Å². The maximum absolute atomic E-state index is 12.8. The van der Waals surface area contributed by atoms with E-state index in [1.165, 1.54) is 12.1 Å². The van der Waals surface area contributed by atoms with Gasteiger partial charge in [0.2, 0.25) is 5.91 Å². The lowest BCUT2D eigenvalue weighted by Crippen LogP contribution is -2.21. The van der Waals surface area contributed by atoms with Crippen molar-refractivity contribution in [2.24, 2.45) is 5.10 Å². The molecule has 0 saturated heterocycles. The molecule has 0 aliphatic carbocycles. The van der Waals surface area contributed by atoms with Crippen molar-refractivity contribution >= 4 is 17.8 Å². The highest BCUT2D eigenvalue weighted by Gasteiger charge is 2.03. The van der Waals surface area contributed by atoms with Gasteiger partial charge in [-0.3, -0.25) is 4.79 Å². The number of hydrazone groups is 1. The van der Waals surface area contributed by atoms with Gasteiger partial charge in [-0.05, 0) is 49.2 Å². The van der Waals surface area contributed by atoms with Gasteiger partial charge in [0.25, 0.3) is 0 Å². The Morgan fingerprint density at radius 3 is 2.29 bits per heavy atom. The predicted octanol–water partition coefficient (Wildman–Crippen LogP) is 3.36. The Kier molecular flexibility index (Phi) is 6.49. The van der Waals surface area contributed by atoms with Crippen molar-refractivity contribution in [3.05, 3.63) is 65.5 Å². The maximum Gasteiger partial charge on any atom is 0.244 e. The van der Waals surface area contributed by atoms with E-state index in [0.717, 1.165) is 29.9 Å². The van der Waals surface area contributed by atoms with E-state index in [1.54, 1.807) is 18.3 Å². The molecule has 0 heterocycles. The van der Waals surface area contributed by atoms with Crippen molar-refractivity contribution in [3.63, 3.8) is 0 Å². The Balaban J connectivity index is 1.86. The van der Waals surface area contributed by atoms with Crippen LogP contribution < -0.4 is 10.3 Å². The molecule has 0 aliphatic rings. The van der Waals surface area contributed by atoms with Crippen LogP contribution >= 0.6 is 0 Å². The average Bonchev–Trinajstić information content (AvgIpc) is 2.59. The molecule has 2 aromatic rings. The summed E-state index contributed by atoms with van der Waals surface area (Å²) in [6.07, 6.45) is 1.77. The summed E-state index contributed by atoms with van der Waals surface area (Å²) >= 11 is 0. The number of carbonyl (C=O) groups is 1. The fourth-order valence-electron chi connectivity index (χ4n) is 2.37. The molecule has 0 fully saturated rings. The number of nitrogens with one attached hydrogen (secondary N) is 1. The van der Waals surface area contributed by atoms with Gasteiger partial charge in [-0.25, -0.2) is 9.82 Å². The van der Waals surface area contributed by atoms with Gasteiger partial charge in [0, 0.05) is 18.8 Å². The Hall–Kier alpha value is -2.69. The van der Waals surface area contributed by atoms with Crippen molar-refractivity contribution in [2.45, 2.75) is 20.3 Å². The van der Waals surface area contributed by atoms with Gasteiger partial charge in [0.15, 0.2) is 0 Å². The molecular weight excluding hydrogens is 305 g/mol. The van der Waals surface area contributed by atoms with E-state index in [0.29, 0.717) is 0 Å². The molecule has 0 unspecified atom stereocenters. The summed E-state index contributed by atoms with van der Waals surface area (Å²) in [6.45, 7) is 6.16. The quantitative estimate of drug-likeness (QED) is 0.626. The largest absolute Gasteiger partial charge is 0.372 e. The molecule has 24 heavy (non-hydrogen) atoms. The van der Waals surface area contributed by atoms with Gasteiger partial charge >= 0.3 is 0 Å². The Morgan fingerprint density at radius 2 is 1.71 bits per heavy atom. The minimum Gasteiger partial charge on any atom is -0.372 e. The van der Waals surface area contributed by atoms with Crippen molar-refractivity contribution in [1.29, 1.82) is 0 Å². The molecule has 5 heteroatoms. The first-order valence-corrected chi connectivity index (χ1v) is 8.03. The van der Waals surface area contributed by atoms with Gasteiger partial charge in [0.05, 0.1) is 12.6 Å². The van der Waals surface area contributed by atoms with Crippen LogP contribution in [0.5, 0.6) is 0 Å². The molecule has 4 nitrogen and oxygen atoms in total. The predicted molar refractivity (Wildman–Crippen MR) is 95.8 cm³/mol. The van der Waals surface area contributed by atoms with Crippen LogP contribution in [-0.2, 0) is 11.2 Å². The van der Waals surface area contributed by atoms with E-state index >= 15 is 0 Å². The lowest BCUT2D eigenvalue weighted by atomic mass is 10.1. The van der Waals surface area contributed by atoms with Gasteiger partial charge < -0.3 is 4.90 Å². The molecule has 0 aliphatic heterocycles. The van der Waals surface area contributed by atoms with Crippen LogP contribution in [0.4, 0.5) is 10.1 Å². The van der Waals surface area contributed by atoms with Gasteiger partial charge in [-0.1, -0.05) is 24.3 Å². The summed E-state index contributed by atoms with van der Waals surface area (Å²) in [5, 5.41) is 3.96. The smallest absolute Gasteiger partial charge is 0.244 e. The van der Waals surface area contributed by atoms with E-state index in [-0.39, 0.29) is 18.1 Å². The van der Waals surface area contributed by atoms with E-state index in [2.05, 4.69) is 29.3 Å². The van der Waals surface area contributed by atoms with Gasteiger partial charge in [-0.2, -0.15) is 5.10 Å². The first-order valence-electron chi connectivity index (χ1n) is 8.03. The zero-order valence-corrected chi connectivity index (χ0v) is 14.0. The van der Waals surface area contributed by atoms with Crippen LogP contribution in [0.2, 0.25) is 0 Å². The molecule has 1 N–H and O–H groups in total. The Morgan fingerprint density at radius 1 is 1.08 bits per heavy atom. The normalized spacial score (nSPS) is 10.8. The lowest BCUT2D eigenvalue weighted by molar-refractivity contribution is -0.120. The van der Waals surface area contributed by atoms with E-state index in [4.69, 9.17) is 0 Å². The van der Waals surface area contributed by atoms with E-state index < -0.39 is 0 Å². The summed E-state index contributed by atoms with van der Waals surface area (Å²) in [5.74, 6) is -0.553. The Labute approximate surface area is 142 Å². The first kappa shape index (κ1) is 17.7. The van der Waals surface area contributed by atoms with Gasteiger partial charge in [-0.15, -0.1) is 0 Å².